The number of carbonyl (C=O) groups excluding carboxylic acids is 1. The molecule has 32 heavy (non-hydrogen) atoms. The van der Waals surface area contributed by atoms with Crippen molar-refractivity contribution in [2.24, 2.45) is 10.2 Å². The zero-order chi connectivity index (χ0) is 22.8. The van der Waals surface area contributed by atoms with E-state index in [1.165, 1.54) is 0 Å². The SMILES string of the molecule is Cc1cc(Cl)ccc1N=Nc1c(O)c(C(=O)Nc2ccc(Cl)cc2C)cc2ccccc12. The average molecular weight is 464 g/mol. The summed E-state index contributed by atoms with van der Waals surface area (Å²) in [6, 6.07) is 19.4. The molecule has 0 radical (unpaired) electrons. The summed E-state index contributed by atoms with van der Waals surface area (Å²) in [4.78, 5) is 13.0. The summed E-state index contributed by atoms with van der Waals surface area (Å²) in [6.45, 7) is 3.71. The Bertz CT molecular complexity index is 1380. The van der Waals surface area contributed by atoms with Crippen LogP contribution in [0.3, 0.4) is 0 Å². The molecule has 0 aromatic heterocycles. The van der Waals surface area contributed by atoms with E-state index in [2.05, 4.69) is 15.5 Å². The van der Waals surface area contributed by atoms with Crippen molar-refractivity contribution in [2.75, 3.05) is 5.32 Å². The largest absolute Gasteiger partial charge is 0.505 e. The number of aromatic hydroxyl groups is 1. The summed E-state index contributed by atoms with van der Waals surface area (Å²) >= 11 is 12.0. The van der Waals surface area contributed by atoms with Gasteiger partial charge in [-0.05, 0) is 72.8 Å². The van der Waals surface area contributed by atoms with Gasteiger partial charge in [0, 0.05) is 21.1 Å². The molecule has 4 aromatic carbocycles. The number of phenols is 1. The first kappa shape index (κ1) is 21.8. The molecule has 4 aromatic rings. The normalized spacial score (nSPS) is 11.2. The number of phenolic OH excluding ortho intramolecular Hbond substituents is 1. The lowest BCUT2D eigenvalue weighted by atomic mass is 10.0. The van der Waals surface area contributed by atoms with Gasteiger partial charge in [-0.3, -0.25) is 4.79 Å². The number of azo groups is 1. The monoisotopic (exact) mass is 463 g/mol. The highest BCUT2D eigenvalue weighted by molar-refractivity contribution is 6.31. The van der Waals surface area contributed by atoms with Gasteiger partial charge in [0.05, 0.1) is 11.3 Å². The lowest BCUT2D eigenvalue weighted by Crippen LogP contribution is -2.13. The summed E-state index contributed by atoms with van der Waals surface area (Å²) in [5.74, 6) is -0.707. The smallest absolute Gasteiger partial charge is 0.259 e. The molecule has 0 bridgehead atoms. The van der Waals surface area contributed by atoms with Crippen LogP contribution >= 0.6 is 23.2 Å². The molecule has 0 spiro atoms. The van der Waals surface area contributed by atoms with Gasteiger partial charge in [-0.1, -0.05) is 47.5 Å². The topological polar surface area (TPSA) is 74.0 Å². The molecule has 7 heteroatoms. The third kappa shape index (κ3) is 4.44. The van der Waals surface area contributed by atoms with Crippen LogP contribution in [0, 0.1) is 13.8 Å². The number of hydrogen-bond donors (Lipinski definition) is 2. The van der Waals surface area contributed by atoms with Crippen LogP contribution in [0.4, 0.5) is 17.1 Å². The number of fused-ring (bicyclic) bond motifs is 1. The van der Waals surface area contributed by atoms with Crippen LogP contribution in [-0.4, -0.2) is 11.0 Å². The molecule has 0 aliphatic rings. The summed E-state index contributed by atoms with van der Waals surface area (Å²) < 4.78 is 0. The predicted octanol–water partition coefficient (Wildman–Crippen LogP) is 8.14. The highest BCUT2D eigenvalue weighted by Gasteiger charge is 2.19. The number of carbonyl (C=O) groups is 1. The lowest BCUT2D eigenvalue weighted by Gasteiger charge is -2.12. The number of benzene rings is 4. The molecule has 0 atom stereocenters. The van der Waals surface area contributed by atoms with E-state index in [0.29, 0.717) is 26.8 Å². The molecular formula is C25H19Cl2N3O2. The predicted molar refractivity (Wildman–Crippen MR) is 130 cm³/mol. The van der Waals surface area contributed by atoms with Gasteiger partial charge in [-0.2, -0.15) is 5.11 Å². The summed E-state index contributed by atoms with van der Waals surface area (Å²) in [5.41, 5.74) is 3.19. The number of rotatable bonds is 4. The molecule has 4 rings (SSSR count). The van der Waals surface area contributed by atoms with Crippen molar-refractivity contribution in [1.82, 2.24) is 0 Å². The first-order valence-corrected chi connectivity index (χ1v) is 10.6. The summed E-state index contributed by atoms with van der Waals surface area (Å²) in [6.07, 6.45) is 0. The number of halogens is 2. The minimum Gasteiger partial charge on any atom is -0.505 e. The van der Waals surface area contributed by atoms with Gasteiger partial charge in [-0.15, -0.1) is 5.11 Å². The second kappa shape index (κ2) is 8.99. The second-order valence-corrected chi connectivity index (χ2v) is 8.26. The van der Waals surface area contributed by atoms with E-state index < -0.39 is 5.91 Å². The molecule has 160 valence electrons. The van der Waals surface area contributed by atoms with Crippen molar-refractivity contribution in [1.29, 1.82) is 0 Å². The minimum atomic E-state index is -0.460. The van der Waals surface area contributed by atoms with Gasteiger partial charge in [0.1, 0.15) is 5.69 Å². The van der Waals surface area contributed by atoms with Crippen molar-refractivity contribution < 1.29 is 9.90 Å². The Morgan fingerprint density at radius 3 is 2.28 bits per heavy atom. The Hall–Kier alpha value is -3.41. The number of hydrogen-bond acceptors (Lipinski definition) is 4. The van der Waals surface area contributed by atoms with Gasteiger partial charge < -0.3 is 10.4 Å². The van der Waals surface area contributed by atoms with Gasteiger partial charge in [0.15, 0.2) is 5.75 Å². The first-order valence-electron chi connectivity index (χ1n) is 9.83. The molecule has 0 aliphatic carbocycles. The van der Waals surface area contributed by atoms with E-state index in [1.807, 2.05) is 38.1 Å². The van der Waals surface area contributed by atoms with Crippen molar-refractivity contribution >= 4 is 56.9 Å². The summed E-state index contributed by atoms with van der Waals surface area (Å²) in [5, 5.41) is 25.0. The molecule has 0 aliphatic heterocycles. The Morgan fingerprint density at radius 1 is 0.875 bits per heavy atom. The zero-order valence-electron chi connectivity index (χ0n) is 17.4. The van der Waals surface area contributed by atoms with E-state index in [4.69, 9.17) is 23.2 Å². The average Bonchev–Trinajstić information content (AvgIpc) is 2.75. The molecular weight excluding hydrogens is 445 g/mol. The highest BCUT2D eigenvalue weighted by Crippen LogP contribution is 2.40. The third-order valence-electron chi connectivity index (χ3n) is 5.09. The maximum Gasteiger partial charge on any atom is 0.259 e. The van der Waals surface area contributed by atoms with Gasteiger partial charge in [-0.25, -0.2) is 0 Å². The molecule has 0 unspecified atom stereocenters. The Morgan fingerprint density at radius 2 is 1.56 bits per heavy atom. The van der Waals surface area contributed by atoms with Crippen LogP contribution in [-0.2, 0) is 0 Å². The van der Waals surface area contributed by atoms with Gasteiger partial charge >= 0.3 is 0 Å². The van der Waals surface area contributed by atoms with Crippen LogP contribution < -0.4 is 5.32 Å². The van der Waals surface area contributed by atoms with E-state index in [9.17, 15) is 9.90 Å². The van der Waals surface area contributed by atoms with Crippen molar-refractivity contribution in [3.8, 4) is 5.75 Å². The Balaban J connectivity index is 1.78. The lowest BCUT2D eigenvalue weighted by molar-refractivity contribution is 0.102. The molecule has 0 saturated carbocycles. The highest BCUT2D eigenvalue weighted by atomic mass is 35.5. The van der Waals surface area contributed by atoms with Gasteiger partial charge in [0.25, 0.3) is 5.91 Å². The first-order chi connectivity index (χ1) is 15.3. The molecule has 0 heterocycles. The van der Waals surface area contributed by atoms with Crippen molar-refractivity contribution in [3.63, 3.8) is 0 Å². The molecule has 0 fully saturated rings. The van der Waals surface area contributed by atoms with Crippen LogP contribution in [0.2, 0.25) is 10.0 Å². The maximum absolute atomic E-state index is 13.0. The Kier molecular flexibility index (Phi) is 6.12. The molecule has 2 N–H and O–H groups in total. The van der Waals surface area contributed by atoms with Crippen LogP contribution in [0.25, 0.3) is 10.8 Å². The molecule has 1 amide bonds. The number of nitrogens with one attached hydrogen (secondary N) is 1. The summed E-state index contributed by atoms with van der Waals surface area (Å²) in [7, 11) is 0. The standard InChI is InChI=1S/C25H19Cl2N3O2/c1-14-11-17(26)7-9-21(14)28-25(32)20-13-16-5-3-4-6-19(16)23(24(20)31)30-29-22-10-8-18(27)12-15(22)2/h3-13,31H,1-2H3,(H,28,32). The number of anilines is 1. The van der Waals surface area contributed by atoms with Crippen molar-refractivity contribution in [3.05, 3.63) is 93.5 Å². The third-order valence-corrected chi connectivity index (χ3v) is 5.56. The molecule has 5 nitrogen and oxygen atoms in total. The van der Waals surface area contributed by atoms with Crippen LogP contribution in [0.15, 0.2) is 77.0 Å². The maximum atomic E-state index is 13.0. The molecule has 0 saturated heterocycles. The fraction of sp³-hybridized carbons (Fsp3) is 0.0800. The fourth-order valence-corrected chi connectivity index (χ4v) is 3.84. The second-order valence-electron chi connectivity index (χ2n) is 7.39. The van der Waals surface area contributed by atoms with E-state index >= 15 is 0 Å². The van der Waals surface area contributed by atoms with E-state index in [0.717, 1.165) is 16.5 Å². The Labute approximate surface area is 195 Å². The van der Waals surface area contributed by atoms with Crippen LogP contribution in [0.5, 0.6) is 5.75 Å². The zero-order valence-corrected chi connectivity index (χ0v) is 18.9. The quantitative estimate of drug-likeness (QED) is 0.299. The number of nitrogens with zero attached hydrogens (tertiary/aromatic N) is 2. The van der Waals surface area contributed by atoms with Crippen LogP contribution in [0.1, 0.15) is 21.5 Å². The number of amides is 1. The minimum absolute atomic E-state index is 0.0971. The van der Waals surface area contributed by atoms with E-state index in [1.54, 1.807) is 42.5 Å². The van der Waals surface area contributed by atoms with E-state index in [-0.39, 0.29) is 17.0 Å². The van der Waals surface area contributed by atoms with Crippen molar-refractivity contribution in [2.45, 2.75) is 13.8 Å². The number of aryl methyl sites for hydroxylation is 2. The van der Waals surface area contributed by atoms with Gasteiger partial charge in [0.2, 0.25) is 0 Å². The fourth-order valence-electron chi connectivity index (χ4n) is 3.38.